The van der Waals surface area contributed by atoms with Gasteiger partial charge in [0.2, 0.25) is 0 Å². The molecule has 20 heavy (non-hydrogen) atoms. The van der Waals surface area contributed by atoms with E-state index in [9.17, 15) is 9.50 Å². The lowest BCUT2D eigenvalue weighted by Gasteiger charge is -2.29. The van der Waals surface area contributed by atoms with Crippen LogP contribution in [-0.2, 0) is 12.0 Å². The third-order valence-electron chi connectivity index (χ3n) is 3.99. The SMILES string of the molecule is CCC(O)(c1ccccc1F)c1cccc2c1OCC2. The van der Waals surface area contributed by atoms with Gasteiger partial charge in [-0.05, 0) is 18.1 Å². The Morgan fingerprint density at radius 3 is 2.65 bits per heavy atom. The first-order valence-electron chi connectivity index (χ1n) is 6.89. The number of hydrogen-bond donors (Lipinski definition) is 1. The Kier molecular flexibility index (Phi) is 3.22. The Hall–Kier alpha value is -1.87. The second-order valence-electron chi connectivity index (χ2n) is 5.09. The number of benzene rings is 2. The molecule has 0 saturated carbocycles. The zero-order valence-electron chi connectivity index (χ0n) is 11.4. The molecule has 1 atom stereocenters. The molecule has 1 heterocycles. The number of halogens is 1. The van der Waals surface area contributed by atoms with Crippen molar-refractivity contribution in [1.82, 2.24) is 0 Å². The quantitative estimate of drug-likeness (QED) is 0.928. The molecule has 0 radical (unpaired) electrons. The average molecular weight is 272 g/mol. The van der Waals surface area contributed by atoms with Crippen molar-refractivity contribution < 1.29 is 14.2 Å². The van der Waals surface area contributed by atoms with Crippen LogP contribution in [0.4, 0.5) is 4.39 Å². The molecule has 1 aliphatic rings. The van der Waals surface area contributed by atoms with Crippen LogP contribution in [0.2, 0.25) is 0 Å². The van der Waals surface area contributed by atoms with E-state index in [4.69, 9.17) is 4.74 Å². The van der Waals surface area contributed by atoms with Crippen molar-refractivity contribution in [2.24, 2.45) is 0 Å². The number of ether oxygens (including phenoxy) is 1. The van der Waals surface area contributed by atoms with Crippen LogP contribution in [0.1, 0.15) is 30.0 Å². The number of hydrogen-bond acceptors (Lipinski definition) is 2. The Bertz CT molecular complexity index is 639. The molecule has 0 aliphatic carbocycles. The molecule has 3 heteroatoms. The van der Waals surface area contributed by atoms with E-state index in [0.717, 1.165) is 12.0 Å². The maximum atomic E-state index is 14.1. The van der Waals surface area contributed by atoms with Gasteiger partial charge in [0.1, 0.15) is 17.2 Å². The Morgan fingerprint density at radius 1 is 1.15 bits per heavy atom. The van der Waals surface area contributed by atoms with Gasteiger partial charge in [-0.2, -0.15) is 0 Å². The van der Waals surface area contributed by atoms with E-state index in [1.807, 2.05) is 25.1 Å². The zero-order chi connectivity index (χ0) is 14.2. The van der Waals surface area contributed by atoms with E-state index < -0.39 is 11.4 Å². The standard InChI is InChI=1S/C17H17FO2/c1-2-17(19,13-7-3-4-9-15(13)18)14-8-5-6-12-10-11-20-16(12)14/h3-9,19H,2,10-11H2,1H3. The molecule has 1 N–H and O–H groups in total. The molecular formula is C17H17FO2. The van der Waals surface area contributed by atoms with Crippen LogP contribution < -0.4 is 4.74 Å². The van der Waals surface area contributed by atoms with Crippen LogP contribution in [0.25, 0.3) is 0 Å². The van der Waals surface area contributed by atoms with Gasteiger partial charge in [0.25, 0.3) is 0 Å². The third kappa shape index (κ3) is 1.90. The molecule has 2 nitrogen and oxygen atoms in total. The van der Waals surface area contributed by atoms with Crippen molar-refractivity contribution in [2.45, 2.75) is 25.4 Å². The predicted octanol–water partition coefficient (Wildman–Crippen LogP) is 3.41. The molecule has 0 fully saturated rings. The summed E-state index contributed by atoms with van der Waals surface area (Å²) in [6.07, 6.45) is 1.22. The highest BCUT2D eigenvalue weighted by atomic mass is 19.1. The highest BCUT2D eigenvalue weighted by Gasteiger charge is 2.36. The van der Waals surface area contributed by atoms with Crippen molar-refractivity contribution in [2.75, 3.05) is 6.61 Å². The number of para-hydroxylation sites is 1. The maximum absolute atomic E-state index is 14.1. The molecule has 1 aliphatic heterocycles. The fraction of sp³-hybridized carbons (Fsp3) is 0.294. The molecule has 0 bridgehead atoms. The zero-order valence-corrected chi connectivity index (χ0v) is 11.4. The van der Waals surface area contributed by atoms with Crippen LogP contribution in [0, 0.1) is 5.82 Å². The van der Waals surface area contributed by atoms with Gasteiger partial charge in [0, 0.05) is 17.5 Å². The van der Waals surface area contributed by atoms with E-state index in [2.05, 4.69) is 0 Å². The van der Waals surface area contributed by atoms with Crippen molar-refractivity contribution >= 4 is 0 Å². The summed E-state index contributed by atoms with van der Waals surface area (Å²) >= 11 is 0. The highest BCUT2D eigenvalue weighted by Crippen LogP contribution is 2.42. The first kappa shape index (κ1) is 13.1. The molecule has 0 saturated heterocycles. The lowest BCUT2D eigenvalue weighted by Crippen LogP contribution is -2.28. The summed E-state index contributed by atoms with van der Waals surface area (Å²) in [4.78, 5) is 0. The van der Waals surface area contributed by atoms with Gasteiger partial charge in [-0.3, -0.25) is 0 Å². The Balaban J connectivity index is 2.20. The summed E-state index contributed by atoms with van der Waals surface area (Å²) in [6.45, 7) is 2.46. The largest absolute Gasteiger partial charge is 0.493 e. The highest BCUT2D eigenvalue weighted by molar-refractivity contribution is 5.50. The first-order valence-corrected chi connectivity index (χ1v) is 6.89. The van der Waals surface area contributed by atoms with Gasteiger partial charge in [-0.25, -0.2) is 4.39 Å². The second-order valence-corrected chi connectivity index (χ2v) is 5.09. The normalized spacial score (nSPS) is 16.4. The average Bonchev–Trinajstić information content (AvgIpc) is 2.95. The molecule has 3 rings (SSSR count). The lowest BCUT2D eigenvalue weighted by atomic mass is 9.82. The Labute approximate surface area is 117 Å². The summed E-state index contributed by atoms with van der Waals surface area (Å²) in [6, 6.07) is 12.1. The van der Waals surface area contributed by atoms with Gasteiger partial charge in [-0.1, -0.05) is 43.3 Å². The van der Waals surface area contributed by atoms with Crippen molar-refractivity contribution in [3.8, 4) is 5.75 Å². The van der Waals surface area contributed by atoms with Crippen LogP contribution >= 0.6 is 0 Å². The first-order chi connectivity index (χ1) is 9.66. The van der Waals surface area contributed by atoms with Crippen LogP contribution in [0.5, 0.6) is 5.75 Å². The molecule has 0 spiro atoms. The summed E-state index contributed by atoms with van der Waals surface area (Å²) in [7, 11) is 0. The van der Waals surface area contributed by atoms with E-state index in [1.54, 1.807) is 18.2 Å². The van der Waals surface area contributed by atoms with E-state index in [0.29, 0.717) is 29.9 Å². The molecular weight excluding hydrogens is 255 g/mol. The minimum Gasteiger partial charge on any atom is -0.493 e. The summed E-state index contributed by atoms with van der Waals surface area (Å²) in [5, 5.41) is 11.1. The lowest BCUT2D eigenvalue weighted by molar-refractivity contribution is 0.0697. The third-order valence-corrected chi connectivity index (χ3v) is 3.99. The summed E-state index contributed by atoms with van der Waals surface area (Å²) < 4.78 is 19.8. The minimum atomic E-state index is -1.36. The van der Waals surface area contributed by atoms with Gasteiger partial charge in [0.15, 0.2) is 0 Å². The fourth-order valence-corrected chi connectivity index (χ4v) is 2.86. The molecule has 0 aromatic heterocycles. The number of rotatable bonds is 3. The van der Waals surface area contributed by atoms with Crippen LogP contribution in [-0.4, -0.2) is 11.7 Å². The van der Waals surface area contributed by atoms with Crippen molar-refractivity contribution in [3.63, 3.8) is 0 Å². The van der Waals surface area contributed by atoms with E-state index >= 15 is 0 Å². The van der Waals surface area contributed by atoms with Gasteiger partial charge >= 0.3 is 0 Å². The number of aliphatic hydroxyl groups is 1. The molecule has 1 unspecified atom stereocenters. The second kappa shape index (κ2) is 4.91. The van der Waals surface area contributed by atoms with Gasteiger partial charge < -0.3 is 9.84 Å². The van der Waals surface area contributed by atoms with Crippen LogP contribution in [0.15, 0.2) is 42.5 Å². The molecule has 2 aromatic rings. The fourth-order valence-electron chi connectivity index (χ4n) is 2.86. The summed E-state index contributed by atoms with van der Waals surface area (Å²) in [5.74, 6) is 0.313. The van der Waals surface area contributed by atoms with Gasteiger partial charge in [0.05, 0.1) is 6.61 Å². The topological polar surface area (TPSA) is 29.5 Å². The van der Waals surface area contributed by atoms with Crippen molar-refractivity contribution in [1.29, 1.82) is 0 Å². The van der Waals surface area contributed by atoms with E-state index in [1.165, 1.54) is 6.07 Å². The molecule has 2 aromatic carbocycles. The maximum Gasteiger partial charge on any atom is 0.129 e. The Morgan fingerprint density at radius 2 is 1.90 bits per heavy atom. The number of fused-ring (bicyclic) bond motifs is 1. The predicted molar refractivity (Wildman–Crippen MR) is 75.3 cm³/mol. The van der Waals surface area contributed by atoms with Gasteiger partial charge in [-0.15, -0.1) is 0 Å². The smallest absolute Gasteiger partial charge is 0.129 e. The molecule has 104 valence electrons. The van der Waals surface area contributed by atoms with Crippen molar-refractivity contribution in [3.05, 3.63) is 65.0 Å². The van der Waals surface area contributed by atoms with E-state index in [-0.39, 0.29) is 0 Å². The minimum absolute atomic E-state index is 0.298. The van der Waals surface area contributed by atoms with Crippen LogP contribution in [0.3, 0.4) is 0 Å². The summed E-state index contributed by atoms with van der Waals surface area (Å²) in [5.41, 5.74) is 0.665. The molecule has 0 amide bonds. The monoisotopic (exact) mass is 272 g/mol.